The molecule has 0 saturated carbocycles. The number of aromatic nitrogens is 1. The van der Waals surface area contributed by atoms with E-state index in [-0.39, 0.29) is 15.5 Å². The second-order valence-electron chi connectivity index (χ2n) is 3.68. The van der Waals surface area contributed by atoms with Crippen molar-refractivity contribution in [3.8, 4) is 0 Å². The highest BCUT2D eigenvalue weighted by atomic mass is 32.2. The van der Waals surface area contributed by atoms with E-state index in [2.05, 4.69) is 10.3 Å². The fourth-order valence-electron chi connectivity index (χ4n) is 1.45. The number of nitro benzene ring substituents is 1. The van der Waals surface area contributed by atoms with Crippen LogP contribution in [-0.4, -0.2) is 34.5 Å². The van der Waals surface area contributed by atoms with Crippen molar-refractivity contribution >= 4 is 48.4 Å². The maximum atomic E-state index is 11.3. The van der Waals surface area contributed by atoms with Gasteiger partial charge in [-0.3, -0.25) is 19.5 Å². The first-order valence-electron chi connectivity index (χ1n) is 5.05. The van der Waals surface area contributed by atoms with Crippen molar-refractivity contribution in [1.82, 2.24) is 4.98 Å². The van der Waals surface area contributed by atoms with Crippen LogP contribution in [0.4, 0.5) is 10.8 Å². The summed E-state index contributed by atoms with van der Waals surface area (Å²) in [7, 11) is -4.44. The summed E-state index contributed by atoms with van der Waals surface area (Å²) in [6.07, 6.45) is 0. The topological polar surface area (TPSA) is 140 Å². The van der Waals surface area contributed by atoms with Crippen LogP contribution < -0.4 is 5.32 Å². The van der Waals surface area contributed by atoms with E-state index < -0.39 is 26.7 Å². The van der Waals surface area contributed by atoms with Gasteiger partial charge >= 0.3 is 0 Å². The molecule has 0 aliphatic heterocycles. The highest BCUT2D eigenvalue weighted by molar-refractivity contribution is 7.86. The Morgan fingerprint density at radius 3 is 2.80 bits per heavy atom. The minimum absolute atomic E-state index is 0.0166. The fraction of sp³-hybridized carbons (Fsp3) is 0.111. The molecule has 0 aliphatic rings. The molecule has 0 saturated heterocycles. The lowest BCUT2D eigenvalue weighted by Crippen LogP contribution is -2.22. The monoisotopic (exact) mass is 317 g/mol. The van der Waals surface area contributed by atoms with E-state index in [1.54, 1.807) is 0 Å². The van der Waals surface area contributed by atoms with Crippen molar-refractivity contribution in [3.05, 3.63) is 28.3 Å². The Morgan fingerprint density at radius 2 is 2.20 bits per heavy atom. The third-order valence-corrected chi connectivity index (χ3v) is 3.79. The summed E-state index contributed by atoms with van der Waals surface area (Å²) in [4.78, 5) is 25.5. The van der Waals surface area contributed by atoms with Crippen LogP contribution in [0.1, 0.15) is 0 Å². The number of carbonyl (C=O) groups is 1. The van der Waals surface area contributed by atoms with Gasteiger partial charge in [-0.2, -0.15) is 8.42 Å². The van der Waals surface area contributed by atoms with E-state index >= 15 is 0 Å². The van der Waals surface area contributed by atoms with Gasteiger partial charge in [-0.25, -0.2) is 4.98 Å². The Balaban J connectivity index is 2.31. The van der Waals surface area contributed by atoms with Crippen LogP contribution in [0.2, 0.25) is 0 Å². The first kappa shape index (κ1) is 14.3. The van der Waals surface area contributed by atoms with E-state index in [1.165, 1.54) is 18.2 Å². The molecule has 1 amide bonds. The van der Waals surface area contributed by atoms with Gasteiger partial charge in [0.1, 0.15) is 4.70 Å². The number of hydrogen-bond acceptors (Lipinski definition) is 7. The number of rotatable bonds is 4. The van der Waals surface area contributed by atoms with Crippen LogP contribution in [-0.2, 0) is 14.9 Å². The molecule has 0 atom stereocenters. The summed E-state index contributed by atoms with van der Waals surface area (Å²) in [5, 5.41) is 13.0. The van der Waals surface area contributed by atoms with E-state index in [0.29, 0.717) is 5.52 Å². The molecule has 106 valence electrons. The molecule has 0 spiro atoms. The average molecular weight is 317 g/mol. The third-order valence-electron chi connectivity index (χ3n) is 2.15. The van der Waals surface area contributed by atoms with Crippen LogP contribution in [0.15, 0.2) is 18.2 Å². The molecular formula is C9H7N3O6S2. The van der Waals surface area contributed by atoms with E-state index in [1.807, 2.05) is 0 Å². The molecule has 0 fully saturated rings. The fourth-order valence-corrected chi connectivity index (χ4v) is 2.82. The number of hydrogen-bond donors (Lipinski definition) is 2. The number of thiazole rings is 1. The van der Waals surface area contributed by atoms with E-state index in [0.717, 1.165) is 11.3 Å². The molecule has 2 N–H and O–H groups in total. The molecule has 0 radical (unpaired) electrons. The molecular weight excluding hydrogens is 310 g/mol. The molecule has 2 aromatic rings. The van der Waals surface area contributed by atoms with Gasteiger partial charge in [-0.05, 0) is 6.07 Å². The number of nitro groups is 1. The van der Waals surface area contributed by atoms with Crippen LogP contribution in [0, 0.1) is 10.1 Å². The number of anilines is 1. The van der Waals surface area contributed by atoms with Gasteiger partial charge in [-0.15, -0.1) is 0 Å². The Morgan fingerprint density at radius 1 is 1.50 bits per heavy atom. The largest absolute Gasteiger partial charge is 0.301 e. The molecule has 9 nitrogen and oxygen atoms in total. The van der Waals surface area contributed by atoms with Gasteiger partial charge in [0.15, 0.2) is 10.9 Å². The lowest BCUT2D eigenvalue weighted by Gasteiger charge is -1.97. The maximum Gasteiger partial charge on any atom is 0.288 e. The first-order valence-corrected chi connectivity index (χ1v) is 7.48. The Bertz CT molecular complexity index is 797. The third kappa shape index (κ3) is 3.26. The highest BCUT2D eigenvalue weighted by Crippen LogP contribution is 2.33. The molecule has 0 bridgehead atoms. The summed E-state index contributed by atoms with van der Waals surface area (Å²) in [6.45, 7) is 0. The second kappa shape index (κ2) is 5.11. The summed E-state index contributed by atoms with van der Waals surface area (Å²) < 4.78 is 29.9. The maximum absolute atomic E-state index is 11.3. The highest BCUT2D eigenvalue weighted by Gasteiger charge is 2.18. The van der Waals surface area contributed by atoms with Crippen LogP contribution in [0.5, 0.6) is 0 Å². The van der Waals surface area contributed by atoms with E-state index in [9.17, 15) is 23.3 Å². The minimum atomic E-state index is -4.44. The van der Waals surface area contributed by atoms with E-state index in [4.69, 9.17) is 4.55 Å². The number of carbonyl (C=O) groups excluding carboxylic acids is 1. The number of benzene rings is 1. The number of non-ortho nitro benzene ring substituents is 1. The zero-order chi connectivity index (χ0) is 14.9. The lowest BCUT2D eigenvalue weighted by atomic mass is 10.3. The smallest absolute Gasteiger partial charge is 0.288 e. The molecule has 1 aromatic carbocycles. The SMILES string of the molecule is O=C(CS(=O)(=O)O)Nc1nc2cccc([N+](=O)[O-])c2s1. The average Bonchev–Trinajstić information content (AvgIpc) is 2.67. The van der Waals surface area contributed by atoms with Crippen molar-refractivity contribution in [2.75, 3.05) is 11.1 Å². The van der Waals surface area contributed by atoms with Gasteiger partial charge in [0.2, 0.25) is 5.91 Å². The number of fused-ring (bicyclic) bond motifs is 1. The van der Waals surface area contributed by atoms with Crippen molar-refractivity contribution < 1.29 is 22.7 Å². The zero-order valence-corrected chi connectivity index (χ0v) is 11.3. The van der Waals surface area contributed by atoms with Crippen LogP contribution >= 0.6 is 11.3 Å². The quantitative estimate of drug-likeness (QED) is 0.487. The Hall–Kier alpha value is -2.11. The number of nitrogens with one attached hydrogen (secondary N) is 1. The predicted molar refractivity (Wildman–Crippen MR) is 71.3 cm³/mol. The summed E-state index contributed by atoms with van der Waals surface area (Å²) in [5.74, 6) is -2.08. The first-order chi connectivity index (χ1) is 9.26. The van der Waals surface area contributed by atoms with Crippen molar-refractivity contribution in [1.29, 1.82) is 0 Å². The molecule has 1 aromatic heterocycles. The number of amides is 1. The van der Waals surface area contributed by atoms with Gasteiger partial charge < -0.3 is 5.32 Å². The van der Waals surface area contributed by atoms with Gasteiger partial charge in [0.25, 0.3) is 15.8 Å². The summed E-state index contributed by atoms with van der Waals surface area (Å²) in [5.41, 5.74) is 0.154. The molecule has 2 rings (SSSR count). The van der Waals surface area contributed by atoms with Crippen LogP contribution in [0.25, 0.3) is 10.2 Å². The van der Waals surface area contributed by atoms with Crippen molar-refractivity contribution in [2.45, 2.75) is 0 Å². The molecule has 0 unspecified atom stereocenters. The van der Waals surface area contributed by atoms with Crippen molar-refractivity contribution in [2.24, 2.45) is 0 Å². The molecule has 20 heavy (non-hydrogen) atoms. The van der Waals surface area contributed by atoms with Gasteiger partial charge in [-0.1, -0.05) is 17.4 Å². The Labute approximate surface area is 116 Å². The molecule has 0 aliphatic carbocycles. The predicted octanol–water partition coefficient (Wildman–Crippen LogP) is 1.03. The molecule has 1 heterocycles. The van der Waals surface area contributed by atoms with Crippen LogP contribution in [0.3, 0.4) is 0 Å². The lowest BCUT2D eigenvalue weighted by molar-refractivity contribution is -0.382. The van der Waals surface area contributed by atoms with Crippen molar-refractivity contribution in [3.63, 3.8) is 0 Å². The standard InChI is InChI=1S/C9H7N3O6S2/c13-7(4-20(16,17)18)11-9-10-5-2-1-3-6(12(14)15)8(5)19-9/h1-3H,4H2,(H,10,11,13)(H,16,17,18). The summed E-state index contributed by atoms with van der Waals surface area (Å²) >= 11 is 0.845. The zero-order valence-electron chi connectivity index (χ0n) is 9.64. The normalized spacial score (nSPS) is 11.4. The number of nitrogens with zero attached hydrogens (tertiary/aromatic N) is 2. The van der Waals surface area contributed by atoms with Gasteiger partial charge in [0, 0.05) is 6.07 Å². The second-order valence-corrected chi connectivity index (χ2v) is 6.13. The Kier molecular flexibility index (Phi) is 3.65. The minimum Gasteiger partial charge on any atom is -0.301 e. The molecule has 11 heteroatoms. The summed E-state index contributed by atoms with van der Waals surface area (Å²) in [6, 6.07) is 4.27. The van der Waals surface area contributed by atoms with Gasteiger partial charge in [0.05, 0.1) is 10.4 Å².